The molecular formula is C10H20S6. The summed E-state index contributed by atoms with van der Waals surface area (Å²) in [6.07, 6.45) is 2.12. The van der Waals surface area contributed by atoms with Crippen molar-refractivity contribution in [2.45, 2.75) is 12.8 Å². The fourth-order valence-electron chi connectivity index (χ4n) is 1.12. The monoisotopic (exact) mass is 332 g/mol. The Bertz CT molecular complexity index is 172. The maximum absolute atomic E-state index is 4.33. The molecule has 0 aromatic rings. The largest absolute Gasteiger partial charge is 0.179 e. The third-order valence-electron chi connectivity index (χ3n) is 1.72. The molecule has 0 aliphatic heterocycles. The Morgan fingerprint density at radius 3 is 1.25 bits per heavy atom. The van der Waals surface area contributed by atoms with Gasteiger partial charge in [0.15, 0.2) is 0 Å². The number of rotatable bonds is 10. The Morgan fingerprint density at radius 2 is 1.00 bits per heavy atom. The molecular weight excluding hydrogens is 313 g/mol. The molecule has 0 aromatic carbocycles. The molecule has 0 spiro atoms. The predicted molar refractivity (Wildman–Crippen MR) is 96.6 cm³/mol. The van der Waals surface area contributed by atoms with Gasteiger partial charge in [0.25, 0.3) is 0 Å². The van der Waals surface area contributed by atoms with Gasteiger partial charge in [-0.15, -0.1) is 23.5 Å². The van der Waals surface area contributed by atoms with Crippen LogP contribution in [-0.2, 0) is 0 Å². The Hall–Kier alpha value is 1.84. The number of allylic oxidation sites excluding steroid dienone is 2. The third kappa shape index (κ3) is 8.86. The van der Waals surface area contributed by atoms with E-state index in [2.05, 4.69) is 50.5 Å². The van der Waals surface area contributed by atoms with Crippen LogP contribution in [0.1, 0.15) is 12.8 Å². The highest BCUT2D eigenvalue weighted by Crippen LogP contribution is 2.33. The predicted octanol–water partition coefficient (Wildman–Crippen LogP) is 4.16. The molecule has 0 bridgehead atoms. The van der Waals surface area contributed by atoms with Crippen LogP contribution in [0.2, 0.25) is 0 Å². The molecule has 96 valence electrons. The van der Waals surface area contributed by atoms with Crippen molar-refractivity contribution in [1.82, 2.24) is 0 Å². The van der Waals surface area contributed by atoms with Crippen molar-refractivity contribution in [2.24, 2.45) is 0 Å². The highest BCUT2D eigenvalue weighted by molar-refractivity contribution is 8.07. The summed E-state index contributed by atoms with van der Waals surface area (Å²) in [5, 5.41) is 0. The molecule has 0 unspecified atom stereocenters. The van der Waals surface area contributed by atoms with Gasteiger partial charge in [-0.2, -0.15) is 50.5 Å². The molecule has 0 aliphatic rings. The second-order valence-corrected chi connectivity index (χ2v) is 7.11. The molecule has 0 fully saturated rings. The minimum atomic E-state index is 0.909. The Labute approximate surface area is 130 Å². The van der Waals surface area contributed by atoms with Crippen LogP contribution in [0.15, 0.2) is 9.81 Å². The second kappa shape index (κ2) is 13.3. The number of thiol groups is 4. The molecule has 0 saturated heterocycles. The first kappa shape index (κ1) is 17.8. The summed E-state index contributed by atoms with van der Waals surface area (Å²) < 4.78 is 0. The van der Waals surface area contributed by atoms with Crippen LogP contribution < -0.4 is 0 Å². The van der Waals surface area contributed by atoms with E-state index in [1.807, 2.05) is 23.5 Å². The van der Waals surface area contributed by atoms with Crippen LogP contribution in [0.25, 0.3) is 0 Å². The van der Waals surface area contributed by atoms with Crippen molar-refractivity contribution < 1.29 is 0 Å². The minimum Gasteiger partial charge on any atom is -0.179 e. The highest BCUT2D eigenvalue weighted by Gasteiger charge is 2.07. The van der Waals surface area contributed by atoms with Gasteiger partial charge >= 0.3 is 0 Å². The van der Waals surface area contributed by atoms with E-state index >= 15 is 0 Å². The Balaban J connectivity index is 4.48. The smallest absolute Gasteiger partial charge is 0.00656 e. The van der Waals surface area contributed by atoms with Crippen LogP contribution in [-0.4, -0.2) is 34.5 Å². The third-order valence-corrected chi connectivity index (χ3v) is 5.77. The normalized spacial score (nSPS) is 12.8. The zero-order valence-corrected chi connectivity index (χ0v) is 14.5. The summed E-state index contributed by atoms with van der Waals surface area (Å²) in [7, 11) is 0. The van der Waals surface area contributed by atoms with E-state index in [1.165, 1.54) is 9.81 Å². The van der Waals surface area contributed by atoms with Gasteiger partial charge in [0.1, 0.15) is 0 Å². The van der Waals surface area contributed by atoms with Gasteiger partial charge in [-0.05, 0) is 45.7 Å². The SMILES string of the molecule is SCCSC(CCS)=C(CCS)SCCS. The first-order chi connectivity index (χ1) is 7.79. The molecule has 0 nitrogen and oxygen atoms in total. The van der Waals surface area contributed by atoms with E-state index < -0.39 is 0 Å². The molecule has 0 aromatic heterocycles. The quantitative estimate of drug-likeness (QED) is 0.444. The molecule has 0 aliphatic carbocycles. The van der Waals surface area contributed by atoms with E-state index in [0.717, 1.165) is 47.4 Å². The lowest BCUT2D eigenvalue weighted by Gasteiger charge is -2.13. The summed E-state index contributed by atoms with van der Waals surface area (Å²) in [4.78, 5) is 2.95. The van der Waals surface area contributed by atoms with Crippen LogP contribution in [0.3, 0.4) is 0 Å². The van der Waals surface area contributed by atoms with Crippen molar-refractivity contribution in [3.8, 4) is 0 Å². The average Bonchev–Trinajstić information content (AvgIpc) is 2.30. The van der Waals surface area contributed by atoms with E-state index in [9.17, 15) is 0 Å². The van der Waals surface area contributed by atoms with Crippen molar-refractivity contribution in [3.05, 3.63) is 9.81 Å². The first-order valence-electron chi connectivity index (χ1n) is 5.21. The molecule has 0 rings (SSSR count). The van der Waals surface area contributed by atoms with Crippen LogP contribution in [0, 0.1) is 0 Å². The lowest BCUT2D eigenvalue weighted by molar-refractivity contribution is 1.14. The van der Waals surface area contributed by atoms with E-state index in [-0.39, 0.29) is 0 Å². The van der Waals surface area contributed by atoms with Gasteiger partial charge in [-0.1, -0.05) is 0 Å². The number of hydrogen-bond acceptors (Lipinski definition) is 6. The zero-order chi connectivity index (χ0) is 12.2. The molecule has 0 heterocycles. The maximum atomic E-state index is 4.33. The summed E-state index contributed by atoms with van der Waals surface area (Å²) in [5.41, 5.74) is 0. The van der Waals surface area contributed by atoms with Gasteiger partial charge in [-0.3, -0.25) is 0 Å². The summed E-state index contributed by atoms with van der Waals surface area (Å²) in [6, 6.07) is 0. The van der Waals surface area contributed by atoms with Gasteiger partial charge in [0, 0.05) is 11.5 Å². The fourth-order valence-corrected chi connectivity index (χ4v) is 4.47. The fraction of sp³-hybridized carbons (Fsp3) is 0.800. The topological polar surface area (TPSA) is 0 Å². The lowest BCUT2D eigenvalue weighted by atomic mass is 10.3. The zero-order valence-electron chi connectivity index (χ0n) is 9.26. The molecule has 6 heteroatoms. The van der Waals surface area contributed by atoms with Gasteiger partial charge in [-0.25, -0.2) is 0 Å². The molecule has 0 atom stereocenters. The van der Waals surface area contributed by atoms with E-state index in [4.69, 9.17) is 0 Å². The van der Waals surface area contributed by atoms with E-state index in [1.54, 1.807) is 0 Å². The summed E-state index contributed by atoms with van der Waals surface area (Å²) >= 11 is 21.0. The van der Waals surface area contributed by atoms with Crippen molar-refractivity contribution in [2.75, 3.05) is 34.5 Å². The summed E-state index contributed by atoms with van der Waals surface area (Å²) in [6.45, 7) is 0. The summed E-state index contributed by atoms with van der Waals surface area (Å²) in [5.74, 6) is 5.81. The van der Waals surface area contributed by atoms with Crippen molar-refractivity contribution in [1.29, 1.82) is 0 Å². The minimum absolute atomic E-state index is 0.909. The second-order valence-electron chi connectivity index (χ2n) is 2.94. The standard InChI is InChI=1S/C10H20S6/c11-3-1-9(15-7-5-13)10(2-4-12)16-8-6-14/h11-14H,1-8H2. The first-order valence-corrected chi connectivity index (χ1v) is 9.71. The van der Waals surface area contributed by atoms with Crippen molar-refractivity contribution in [3.63, 3.8) is 0 Å². The van der Waals surface area contributed by atoms with Crippen LogP contribution in [0.4, 0.5) is 0 Å². The molecule has 0 radical (unpaired) electrons. The van der Waals surface area contributed by atoms with Crippen LogP contribution in [0.5, 0.6) is 0 Å². The average molecular weight is 333 g/mol. The van der Waals surface area contributed by atoms with Crippen LogP contribution >= 0.6 is 74.0 Å². The Kier molecular flexibility index (Phi) is 14.8. The number of hydrogen-bond donors (Lipinski definition) is 4. The Morgan fingerprint density at radius 1 is 0.625 bits per heavy atom. The lowest BCUT2D eigenvalue weighted by Crippen LogP contribution is -1.93. The van der Waals surface area contributed by atoms with Gasteiger partial charge < -0.3 is 0 Å². The molecule has 0 saturated carbocycles. The maximum Gasteiger partial charge on any atom is 0.00656 e. The van der Waals surface area contributed by atoms with Gasteiger partial charge in [0.05, 0.1) is 0 Å². The van der Waals surface area contributed by atoms with Gasteiger partial charge in [0.2, 0.25) is 0 Å². The molecule has 0 amide bonds. The number of thioether (sulfide) groups is 2. The molecule has 16 heavy (non-hydrogen) atoms. The van der Waals surface area contributed by atoms with Crippen molar-refractivity contribution >= 4 is 74.0 Å². The highest BCUT2D eigenvalue weighted by atomic mass is 32.2. The molecule has 0 N–H and O–H groups in total. The van der Waals surface area contributed by atoms with E-state index in [0.29, 0.717) is 0 Å².